The van der Waals surface area contributed by atoms with Crippen molar-refractivity contribution in [2.75, 3.05) is 44.3 Å². The average molecular weight is 346 g/mol. The zero-order valence-corrected chi connectivity index (χ0v) is 14.2. The molecule has 0 spiro atoms. The van der Waals surface area contributed by atoms with Gasteiger partial charge in [0.1, 0.15) is 5.82 Å². The molecular formula is C18H23FN4O2. The lowest BCUT2D eigenvalue weighted by Gasteiger charge is -2.35. The third-order valence-corrected chi connectivity index (χ3v) is 4.92. The van der Waals surface area contributed by atoms with E-state index < -0.39 is 0 Å². The minimum absolute atomic E-state index is 0.160. The van der Waals surface area contributed by atoms with Crippen LogP contribution in [0.1, 0.15) is 30.5 Å². The van der Waals surface area contributed by atoms with Gasteiger partial charge in [0.2, 0.25) is 11.8 Å². The fourth-order valence-electron chi connectivity index (χ4n) is 3.48. The molecule has 3 heterocycles. The molecule has 2 aliphatic rings. The van der Waals surface area contributed by atoms with E-state index in [4.69, 9.17) is 9.15 Å². The van der Waals surface area contributed by atoms with Crippen molar-refractivity contribution in [3.63, 3.8) is 0 Å². The van der Waals surface area contributed by atoms with Gasteiger partial charge in [-0.25, -0.2) is 4.39 Å². The molecule has 2 aliphatic heterocycles. The summed E-state index contributed by atoms with van der Waals surface area (Å²) in [4.78, 5) is 4.36. The number of hydrogen-bond acceptors (Lipinski definition) is 6. The lowest BCUT2D eigenvalue weighted by Crippen LogP contribution is -2.46. The largest absolute Gasteiger partial charge is 0.423 e. The maximum Gasteiger partial charge on any atom is 0.230 e. The average Bonchev–Trinajstić information content (AvgIpc) is 3.12. The monoisotopic (exact) mass is 346 g/mol. The number of aromatic nitrogens is 2. The molecule has 0 aliphatic carbocycles. The molecule has 1 unspecified atom stereocenters. The molecule has 1 aromatic carbocycles. The molecule has 0 bridgehead atoms. The summed E-state index contributed by atoms with van der Waals surface area (Å²) in [6, 6.07) is 6.94. The summed E-state index contributed by atoms with van der Waals surface area (Å²) in [6.45, 7) is 5.41. The first-order chi connectivity index (χ1) is 12.3. The van der Waals surface area contributed by atoms with Gasteiger partial charge in [0.25, 0.3) is 0 Å². The van der Waals surface area contributed by atoms with E-state index in [2.05, 4.69) is 20.0 Å². The van der Waals surface area contributed by atoms with Crippen molar-refractivity contribution in [3.8, 4) is 0 Å². The highest BCUT2D eigenvalue weighted by Gasteiger charge is 2.24. The summed E-state index contributed by atoms with van der Waals surface area (Å²) in [7, 11) is 0. The van der Waals surface area contributed by atoms with Gasteiger partial charge in [-0.2, -0.15) is 0 Å². The third kappa shape index (κ3) is 3.82. The number of hydrogen-bond donors (Lipinski definition) is 0. The smallest absolute Gasteiger partial charge is 0.230 e. The first-order valence-corrected chi connectivity index (χ1v) is 8.91. The van der Waals surface area contributed by atoms with Crippen molar-refractivity contribution in [2.24, 2.45) is 0 Å². The first kappa shape index (κ1) is 16.5. The molecule has 2 aromatic rings. The molecule has 0 N–H and O–H groups in total. The Hall–Kier alpha value is -1.99. The Kier molecular flexibility index (Phi) is 4.94. The Morgan fingerprint density at radius 2 is 1.96 bits per heavy atom. The van der Waals surface area contributed by atoms with Crippen LogP contribution in [-0.2, 0) is 11.3 Å². The summed E-state index contributed by atoms with van der Waals surface area (Å²) >= 11 is 0. The maximum atomic E-state index is 13.9. The molecule has 134 valence electrons. The molecule has 6 nitrogen and oxygen atoms in total. The lowest BCUT2D eigenvalue weighted by atomic mass is 10.0. The molecule has 25 heavy (non-hydrogen) atoms. The van der Waals surface area contributed by atoms with Gasteiger partial charge >= 0.3 is 0 Å². The third-order valence-electron chi connectivity index (χ3n) is 4.92. The molecule has 7 heteroatoms. The first-order valence-electron chi connectivity index (χ1n) is 8.91. The highest BCUT2D eigenvalue weighted by atomic mass is 19.1. The second-order valence-corrected chi connectivity index (χ2v) is 6.66. The van der Waals surface area contributed by atoms with Crippen LogP contribution in [0.2, 0.25) is 0 Å². The van der Waals surface area contributed by atoms with Crippen LogP contribution in [-0.4, -0.2) is 54.5 Å². The topological polar surface area (TPSA) is 54.6 Å². The van der Waals surface area contributed by atoms with Gasteiger partial charge in [-0.05, 0) is 25.0 Å². The number of benzene rings is 1. The van der Waals surface area contributed by atoms with E-state index in [9.17, 15) is 4.39 Å². The highest BCUT2D eigenvalue weighted by molar-refractivity contribution is 5.47. The van der Waals surface area contributed by atoms with Crippen molar-refractivity contribution < 1.29 is 13.5 Å². The van der Waals surface area contributed by atoms with Crippen LogP contribution in [0.5, 0.6) is 0 Å². The molecule has 2 saturated heterocycles. The number of nitrogens with zero attached hydrogens (tertiary/aromatic N) is 4. The summed E-state index contributed by atoms with van der Waals surface area (Å²) < 4.78 is 25.2. The number of ether oxygens (including phenoxy) is 1. The minimum atomic E-state index is -0.160. The minimum Gasteiger partial charge on any atom is -0.423 e. The molecule has 4 rings (SSSR count). The van der Waals surface area contributed by atoms with Crippen molar-refractivity contribution in [3.05, 3.63) is 41.9 Å². The number of halogens is 1. The normalized spacial score (nSPS) is 22.3. The van der Waals surface area contributed by atoms with Gasteiger partial charge in [-0.1, -0.05) is 12.1 Å². The van der Waals surface area contributed by atoms with Gasteiger partial charge in [0.05, 0.1) is 24.8 Å². The van der Waals surface area contributed by atoms with E-state index in [1.807, 2.05) is 12.1 Å². The molecule has 0 radical (unpaired) electrons. The fraction of sp³-hybridized carbons (Fsp3) is 0.556. The highest BCUT2D eigenvalue weighted by Crippen LogP contribution is 2.25. The molecule has 1 aromatic heterocycles. The van der Waals surface area contributed by atoms with Gasteiger partial charge in [-0.15, -0.1) is 10.2 Å². The van der Waals surface area contributed by atoms with Crippen LogP contribution in [0.15, 0.2) is 28.7 Å². The van der Waals surface area contributed by atoms with Crippen molar-refractivity contribution in [1.82, 2.24) is 15.1 Å². The van der Waals surface area contributed by atoms with Gasteiger partial charge in [0, 0.05) is 32.8 Å². The summed E-state index contributed by atoms with van der Waals surface area (Å²) in [5.41, 5.74) is 0.680. The summed E-state index contributed by atoms with van der Waals surface area (Å²) in [5, 5.41) is 8.39. The van der Waals surface area contributed by atoms with Crippen LogP contribution in [0.3, 0.4) is 0 Å². The van der Waals surface area contributed by atoms with Crippen LogP contribution in [0.4, 0.5) is 10.1 Å². The molecule has 2 fully saturated rings. The Morgan fingerprint density at radius 3 is 2.72 bits per heavy atom. The standard InChI is InChI=1S/C18H23FN4O2/c19-15-5-1-2-6-16(15)23-9-7-22(8-10-23)12-17-20-21-18(25-17)14-4-3-11-24-13-14/h1-2,5-6,14H,3-4,7-13H2. The van der Waals surface area contributed by atoms with Crippen LogP contribution in [0, 0.1) is 5.82 Å². The fourth-order valence-corrected chi connectivity index (χ4v) is 3.48. The van der Waals surface area contributed by atoms with E-state index >= 15 is 0 Å². The van der Waals surface area contributed by atoms with E-state index in [0.717, 1.165) is 45.6 Å². The summed E-state index contributed by atoms with van der Waals surface area (Å²) in [6.07, 6.45) is 2.09. The van der Waals surface area contributed by atoms with E-state index in [-0.39, 0.29) is 11.7 Å². The van der Waals surface area contributed by atoms with Crippen LogP contribution in [0.25, 0.3) is 0 Å². The van der Waals surface area contributed by atoms with Crippen LogP contribution >= 0.6 is 0 Å². The Labute approximate surface area is 146 Å². The van der Waals surface area contributed by atoms with Crippen molar-refractivity contribution >= 4 is 5.69 Å². The van der Waals surface area contributed by atoms with Gasteiger partial charge < -0.3 is 14.1 Å². The number of anilines is 1. The molecule has 0 saturated carbocycles. The Morgan fingerprint density at radius 1 is 1.12 bits per heavy atom. The molecule has 0 amide bonds. The van der Waals surface area contributed by atoms with E-state index in [1.54, 1.807) is 6.07 Å². The number of rotatable bonds is 4. The Balaban J connectivity index is 1.31. The van der Waals surface area contributed by atoms with Gasteiger partial charge in [-0.3, -0.25) is 4.90 Å². The van der Waals surface area contributed by atoms with E-state index in [1.165, 1.54) is 6.07 Å². The predicted molar refractivity (Wildman–Crippen MR) is 91.0 cm³/mol. The quantitative estimate of drug-likeness (QED) is 0.847. The van der Waals surface area contributed by atoms with Gasteiger partial charge in [0.15, 0.2) is 0 Å². The second-order valence-electron chi connectivity index (χ2n) is 6.66. The predicted octanol–water partition coefficient (Wildman–Crippen LogP) is 2.42. The zero-order chi connectivity index (χ0) is 17.1. The van der Waals surface area contributed by atoms with Crippen LogP contribution < -0.4 is 4.90 Å². The molecular weight excluding hydrogens is 323 g/mol. The van der Waals surface area contributed by atoms with E-state index in [0.29, 0.717) is 30.6 Å². The van der Waals surface area contributed by atoms with Crippen molar-refractivity contribution in [2.45, 2.75) is 25.3 Å². The number of piperazine rings is 1. The Bertz CT molecular complexity index is 694. The zero-order valence-electron chi connectivity index (χ0n) is 14.2. The second kappa shape index (κ2) is 7.49. The van der Waals surface area contributed by atoms with Crippen molar-refractivity contribution in [1.29, 1.82) is 0 Å². The summed E-state index contributed by atoms with van der Waals surface area (Å²) in [5.74, 6) is 1.42. The lowest BCUT2D eigenvalue weighted by molar-refractivity contribution is 0.0717. The number of para-hydroxylation sites is 1. The maximum absolute atomic E-state index is 13.9. The molecule has 1 atom stereocenters. The SMILES string of the molecule is Fc1ccccc1N1CCN(Cc2nnc(C3CCCOC3)o2)CC1.